The Balaban J connectivity index is 2.24. The molecule has 1 nitrogen and oxygen atoms in total. The maximum Gasteiger partial charge on any atom is 0.149 e. The fourth-order valence-corrected chi connectivity index (χ4v) is 2.61. The van der Waals surface area contributed by atoms with Crippen molar-refractivity contribution in [1.82, 2.24) is 5.32 Å². The standard InChI is InChI=1S/C12H13BrClF2N/c13-9-4-3-8(12(16)10(9)14)11(15)7-2-1-5-17-6-7/h3-4,7,11,17H,1-2,5-6H2. The SMILES string of the molecule is Fc1c(C(F)C2CCCNC2)ccc(Br)c1Cl. The predicted molar refractivity (Wildman–Crippen MR) is 68.6 cm³/mol. The topological polar surface area (TPSA) is 12.0 Å². The van der Waals surface area contributed by atoms with E-state index in [1.54, 1.807) is 6.07 Å². The lowest BCUT2D eigenvalue weighted by molar-refractivity contribution is 0.190. The molecule has 1 fully saturated rings. The monoisotopic (exact) mass is 323 g/mol. The summed E-state index contributed by atoms with van der Waals surface area (Å²) in [6, 6.07) is 3.05. The van der Waals surface area contributed by atoms with E-state index in [4.69, 9.17) is 11.6 Å². The summed E-state index contributed by atoms with van der Waals surface area (Å²) in [6.45, 7) is 1.50. The lowest BCUT2D eigenvalue weighted by atomic mass is 9.90. The van der Waals surface area contributed by atoms with E-state index in [0.717, 1.165) is 19.4 Å². The lowest BCUT2D eigenvalue weighted by Gasteiger charge is -2.26. The molecule has 0 aliphatic carbocycles. The number of rotatable bonds is 2. The van der Waals surface area contributed by atoms with Crippen molar-refractivity contribution < 1.29 is 8.78 Å². The van der Waals surface area contributed by atoms with Gasteiger partial charge in [-0.15, -0.1) is 0 Å². The van der Waals surface area contributed by atoms with Crippen molar-refractivity contribution in [1.29, 1.82) is 0 Å². The zero-order chi connectivity index (χ0) is 12.4. The van der Waals surface area contributed by atoms with Gasteiger partial charge in [0.2, 0.25) is 0 Å². The average molecular weight is 325 g/mol. The molecular formula is C12H13BrClF2N. The molecular weight excluding hydrogens is 311 g/mol. The van der Waals surface area contributed by atoms with Crippen LogP contribution in [-0.4, -0.2) is 13.1 Å². The highest BCUT2D eigenvalue weighted by molar-refractivity contribution is 9.10. The molecule has 1 saturated heterocycles. The minimum atomic E-state index is -1.30. The van der Waals surface area contributed by atoms with Crippen molar-refractivity contribution >= 4 is 27.5 Å². The van der Waals surface area contributed by atoms with Crippen LogP contribution < -0.4 is 5.32 Å². The van der Waals surface area contributed by atoms with Crippen LogP contribution in [0.3, 0.4) is 0 Å². The first kappa shape index (κ1) is 13.2. The van der Waals surface area contributed by atoms with E-state index in [-0.39, 0.29) is 16.5 Å². The van der Waals surface area contributed by atoms with Crippen molar-refractivity contribution in [3.05, 3.63) is 33.0 Å². The fourth-order valence-electron chi connectivity index (χ4n) is 2.14. The Morgan fingerprint density at radius 3 is 2.88 bits per heavy atom. The summed E-state index contributed by atoms with van der Waals surface area (Å²) >= 11 is 8.88. The van der Waals surface area contributed by atoms with Gasteiger partial charge in [0.15, 0.2) is 0 Å². The Morgan fingerprint density at radius 2 is 2.24 bits per heavy atom. The second kappa shape index (κ2) is 5.63. The molecule has 0 amide bonds. The molecule has 2 atom stereocenters. The molecule has 1 aromatic carbocycles. The van der Waals surface area contributed by atoms with E-state index in [0.29, 0.717) is 11.0 Å². The number of hydrogen-bond donors (Lipinski definition) is 1. The van der Waals surface area contributed by atoms with Crippen LogP contribution in [0.2, 0.25) is 5.02 Å². The Labute approximate surface area is 113 Å². The van der Waals surface area contributed by atoms with E-state index >= 15 is 0 Å². The minimum Gasteiger partial charge on any atom is -0.316 e. The van der Waals surface area contributed by atoms with Crippen LogP contribution in [0.15, 0.2) is 16.6 Å². The summed E-state index contributed by atoms with van der Waals surface area (Å²) in [5.41, 5.74) is 0.0619. The highest BCUT2D eigenvalue weighted by atomic mass is 79.9. The molecule has 94 valence electrons. The zero-order valence-electron chi connectivity index (χ0n) is 9.15. The summed E-state index contributed by atoms with van der Waals surface area (Å²) < 4.78 is 28.5. The van der Waals surface area contributed by atoms with Gasteiger partial charge in [0, 0.05) is 22.5 Å². The number of alkyl halides is 1. The molecule has 0 saturated carbocycles. The zero-order valence-corrected chi connectivity index (χ0v) is 11.5. The van der Waals surface area contributed by atoms with Gasteiger partial charge in [-0.05, 0) is 41.4 Å². The van der Waals surface area contributed by atoms with E-state index in [1.165, 1.54) is 6.07 Å². The molecule has 1 N–H and O–H groups in total. The van der Waals surface area contributed by atoms with Crippen molar-refractivity contribution in [2.75, 3.05) is 13.1 Å². The lowest BCUT2D eigenvalue weighted by Crippen LogP contribution is -2.32. The number of halogens is 4. The van der Waals surface area contributed by atoms with Gasteiger partial charge in [-0.25, -0.2) is 8.78 Å². The molecule has 1 aliphatic rings. The largest absolute Gasteiger partial charge is 0.316 e. The fraction of sp³-hybridized carbons (Fsp3) is 0.500. The molecule has 0 radical (unpaired) electrons. The third kappa shape index (κ3) is 2.80. The Morgan fingerprint density at radius 1 is 1.47 bits per heavy atom. The molecule has 17 heavy (non-hydrogen) atoms. The van der Waals surface area contributed by atoms with Crippen molar-refractivity contribution in [3.63, 3.8) is 0 Å². The summed E-state index contributed by atoms with van der Waals surface area (Å²) in [7, 11) is 0. The Bertz CT molecular complexity index is 408. The van der Waals surface area contributed by atoms with Gasteiger partial charge in [0.1, 0.15) is 12.0 Å². The maximum atomic E-state index is 14.2. The average Bonchev–Trinajstić information content (AvgIpc) is 2.36. The first-order valence-electron chi connectivity index (χ1n) is 5.59. The third-order valence-corrected chi connectivity index (χ3v) is 4.37. The molecule has 0 spiro atoms. The van der Waals surface area contributed by atoms with E-state index in [2.05, 4.69) is 21.2 Å². The molecule has 1 aliphatic heterocycles. The van der Waals surface area contributed by atoms with Crippen molar-refractivity contribution in [3.8, 4) is 0 Å². The van der Waals surface area contributed by atoms with Crippen LogP contribution in [0, 0.1) is 11.7 Å². The third-order valence-electron chi connectivity index (χ3n) is 3.11. The Kier molecular flexibility index (Phi) is 4.39. The summed E-state index contributed by atoms with van der Waals surface area (Å²) in [5.74, 6) is -0.824. The maximum absolute atomic E-state index is 14.2. The summed E-state index contributed by atoms with van der Waals surface area (Å²) in [5, 5.41) is 3.08. The first-order chi connectivity index (χ1) is 8.11. The van der Waals surface area contributed by atoms with Crippen molar-refractivity contribution in [2.45, 2.75) is 19.0 Å². The number of piperidine rings is 1. The first-order valence-corrected chi connectivity index (χ1v) is 6.76. The second-order valence-electron chi connectivity index (χ2n) is 4.27. The second-order valence-corrected chi connectivity index (χ2v) is 5.51. The smallest absolute Gasteiger partial charge is 0.149 e. The predicted octanol–water partition coefficient (Wildman–Crippen LogP) is 4.25. The van der Waals surface area contributed by atoms with Gasteiger partial charge in [-0.1, -0.05) is 17.7 Å². The van der Waals surface area contributed by atoms with Crippen LogP contribution in [0.1, 0.15) is 24.6 Å². The summed E-state index contributed by atoms with van der Waals surface area (Å²) in [6.07, 6.45) is 0.409. The molecule has 5 heteroatoms. The van der Waals surface area contributed by atoms with E-state index < -0.39 is 12.0 Å². The van der Waals surface area contributed by atoms with Crippen LogP contribution >= 0.6 is 27.5 Å². The van der Waals surface area contributed by atoms with Gasteiger partial charge in [-0.2, -0.15) is 0 Å². The number of hydrogen-bond acceptors (Lipinski definition) is 1. The normalized spacial score (nSPS) is 22.5. The molecule has 1 heterocycles. The molecule has 2 unspecified atom stereocenters. The molecule has 1 aromatic rings. The van der Waals surface area contributed by atoms with Gasteiger partial charge in [0.05, 0.1) is 5.02 Å². The quantitative estimate of drug-likeness (QED) is 0.802. The number of benzene rings is 1. The number of nitrogens with one attached hydrogen (secondary N) is 1. The van der Waals surface area contributed by atoms with Crippen LogP contribution in [-0.2, 0) is 0 Å². The molecule has 0 bridgehead atoms. The van der Waals surface area contributed by atoms with Gasteiger partial charge >= 0.3 is 0 Å². The van der Waals surface area contributed by atoms with Crippen molar-refractivity contribution in [2.24, 2.45) is 5.92 Å². The van der Waals surface area contributed by atoms with Gasteiger partial charge in [0.25, 0.3) is 0 Å². The van der Waals surface area contributed by atoms with Crippen LogP contribution in [0.5, 0.6) is 0 Å². The van der Waals surface area contributed by atoms with Crippen LogP contribution in [0.4, 0.5) is 8.78 Å². The van der Waals surface area contributed by atoms with Gasteiger partial charge in [-0.3, -0.25) is 0 Å². The van der Waals surface area contributed by atoms with E-state index in [1.807, 2.05) is 0 Å². The highest BCUT2D eigenvalue weighted by Gasteiger charge is 2.28. The highest BCUT2D eigenvalue weighted by Crippen LogP contribution is 2.36. The van der Waals surface area contributed by atoms with E-state index in [9.17, 15) is 8.78 Å². The summed E-state index contributed by atoms with van der Waals surface area (Å²) in [4.78, 5) is 0. The molecule has 0 aromatic heterocycles. The Hall–Kier alpha value is -0.190. The van der Waals surface area contributed by atoms with Crippen LogP contribution in [0.25, 0.3) is 0 Å². The van der Waals surface area contributed by atoms with Gasteiger partial charge < -0.3 is 5.32 Å². The molecule has 2 rings (SSSR count). The minimum absolute atomic E-state index is 0.0473.